The summed E-state index contributed by atoms with van der Waals surface area (Å²) in [5, 5.41) is 13.6. The molecule has 20 heavy (non-hydrogen) atoms. The lowest BCUT2D eigenvalue weighted by Gasteiger charge is -2.20. The van der Waals surface area contributed by atoms with Crippen LogP contribution in [0.3, 0.4) is 0 Å². The van der Waals surface area contributed by atoms with E-state index in [0.29, 0.717) is 0 Å². The van der Waals surface area contributed by atoms with Crippen LogP contribution >= 0.6 is 0 Å². The predicted octanol–water partition coefficient (Wildman–Crippen LogP) is 0.290. The molecule has 3 rings (SSSR count). The molecule has 2 unspecified atom stereocenters. The summed E-state index contributed by atoms with van der Waals surface area (Å²) in [5.41, 5.74) is -0.0906. The summed E-state index contributed by atoms with van der Waals surface area (Å²) in [6.45, 7) is 0. The molecule has 2 amide bonds. The van der Waals surface area contributed by atoms with Crippen molar-refractivity contribution in [1.29, 1.82) is 0 Å². The Morgan fingerprint density at radius 3 is 2.70 bits per heavy atom. The Morgan fingerprint density at radius 1 is 1.30 bits per heavy atom. The third-order valence-corrected chi connectivity index (χ3v) is 5.24. The van der Waals surface area contributed by atoms with Crippen molar-refractivity contribution in [1.82, 2.24) is 5.32 Å². The van der Waals surface area contributed by atoms with E-state index < -0.39 is 32.9 Å². The summed E-state index contributed by atoms with van der Waals surface area (Å²) in [7, 11) is -3.23. The second-order valence-electron chi connectivity index (χ2n) is 4.82. The van der Waals surface area contributed by atoms with Gasteiger partial charge in [0.25, 0.3) is 5.69 Å². The van der Waals surface area contributed by atoms with Gasteiger partial charge in [0.15, 0.2) is 9.84 Å². The van der Waals surface area contributed by atoms with Crippen molar-refractivity contribution < 1.29 is 18.1 Å². The Kier molecular flexibility index (Phi) is 2.68. The number of sulfone groups is 1. The molecule has 8 nitrogen and oxygen atoms in total. The number of nitrogens with zero attached hydrogens (tertiary/aromatic N) is 2. The summed E-state index contributed by atoms with van der Waals surface area (Å²) in [5.74, 6) is -0.303. The number of amides is 2. The Morgan fingerprint density at radius 2 is 2.00 bits per heavy atom. The van der Waals surface area contributed by atoms with Crippen LogP contribution in [0.4, 0.5) is 16.2 Å². The highest BCUT2D eigenvalue weighted by molar-refractivity contribution is 7.91. The highest BCUT2D eigenvalue weighted by Gasteiger charge is 2.50. The summed E-state index contributed by atoms with van der Waals surface area (Å²) in [4.78, 5) is 23.6. The SMILES string of the molecule is O=C1NC2CS(=O)(=O)CC2N1c1ccccc1[N+](=O)[O-]. The number of benzene rings is 1. The van der Waals surface area contributed by atoms with E-state index in [1.807, 2.05) is 0 Å². The smallest absolute Gasteiger partial charge is 0.322 e. The van der Waals surface area contributed by atoms with Gasteiger partial charge in [-0.05, 0) is 6.07 Å². The second-order valence-corrected chi connectivity index (χ2v) is 6.97. The molecule has 0 aromatic heterocycles. The van der Waals surface area contributed by atoms with Crippen LogP contribution in [0.5, 0.6) is 0 Å². The number of nitro benzene ring substituents is 1. The number of nitrogens with one attached hydrogen (secondary N) is 1. The van der Waals surface area contributed by atoms with Crippen LogP contribution in [0, 0.1) is 10.1 Å². The molecule has 0 radical (unpaired) electrons. The zero-order chi connectivity index (χ0) is 14.5. The topological polar surface area (TPSA) is 110 Å². The molecule has 2 saturated heterocycles. The van der Waals surface area contributed by atoms with E-state index in [9.17, 15) is 23.3 Å². The average molecular weight is 297 g/mol. The van der Waals surface area contributed by atoms with Gasteiger partial charge >= 0.3 is 6.03 Å². The number of para-hydroxylation sites is 2. The lowest BCUT2D eigenvalue weighted by atomic mass is 10.1. The highest BCUT2D eigenvalue weighted by atomic mass is 32.2. The Bertz CT molecular complexity index is 702. The molecule has 1 aromatic carbocycles. The lowest BCUT2D eigenvalue weighted by Crippen LogP contribution is -2.37. The van der Waals surface area contributed by atoms with Crippen molar-refractivity contribution in [2.45, 2.75) is 12.1 Å². The standard InChI is InChI=1S/C11H11N3O5S/c15-11-12-7-5-20(18,19)6-10(7)13(11)8-3-1-2-4-9(8)14(16)17/h1-4,7,10H,5-6H2,(H,12,15). The number of hydrogen-bond donors (Lipinski definition) is 1. The first-order valence-corrected chi connectivity index (χ1v) is 7.75. The molecule has 2 heterocycles. The third kappa shape index (κ3) is 1.90. The average Bonchev–Trinajstić information content (AvgIpc) is 2.79. The van der Waals surface area contributed by atoms with Gasteiger partial charge in [0, 0.05) is 6.07 Å². The zero-order valence-electron chi connectivity index (χ0n) is 10.2. The molecule has 106 valence electrons. The van der Waals surface area contributed by atoms with E-state index in [1.54, 1.807) is 6.07 Å². The lowest BCUT2D eigenvalue weighted by molar-refractivity contribution is -0.384. The van der Waals surface area contributed by atoms with Crippen LogP contribution in [0.2, 0.25) is 0 Å². The van der Waals surface area contributed by atoms with Gasteiger partial charge in [0.2, 0.25) is 0 Å². The van der Waals surface area contributed by atoms with Crippen LogP contribution in [0.25, 0.3) is 0 Å². The Labute approximate surface area is 114 Å². The molecule has 0 bridgehead atoms. The van der Waals surface area contributed by atoms with Gasteiger partial charge in [-0.15, -0.1) is 0 Å². The van der Waals surface area contributed by atoms with E-state index in [4.69, 9.17) is 0 Å². The maximum Gasteiger partial charge on any atom is 0.322 e. The molecule has 0 saturated carbocycles. The van der Waals surface area contributed by atoms with Crippen molar-refractivity contribution in [2.24, 2.45) is 0 Å². The molecule has 2 aliphatic rings. The van der Waals surface area contributed by atoms with Crippen LogP contribution in [-0.2, 0) is 9.84 Å². The molecule has 2 atom stereocenters. The van der Waals surface area contributed by atoms with Crippen molar-refractivity contribution in [3.63, 3.8) is 0 Å². The fourth-order valence-corrected chi connectivity index (χ4v) is 4.60. The van der Waals surface area contributed by atoms with E-state index in [2.05, 4.69) is 5.32 Å². The number of nitro groups is 1. The first-order chi connectivity index (χ1) is 9.39. The molecule has 2 aliphatic heterocycles. The highest BCUT2D eigenvalue weighted by Crippen LogP contribution is 2.35. The van der Waals surface area contributed by atoms with Gasteiger partial charge in [0.05, 0.1) is 28.5 Å². The van der Waals surface area contributed by atoms with Crippen LogP contribution in [0.15, 0.2) is 24.3 Å². The molecule has 1 aromatic rings. The molecule has 0 spiro atoms. The summed E-state index contributed by atoms with van der Waals surface area (Å²) in [6.07, 6.45) is 0. The molecular weight excluding hydrogens is 286 g/mol. The monoisotopic (exact) mass is 297 g/mol. The summed E-state index contributed by atoms with van der Waals surface area (Å²) in [6, 6.07) is 4.22. The maximum absolute atomic E-state index is 12.0. The van der Waals surface area contributed by atoms with Crippen LogP contribution < -0.4 is 10.2 Å². The van der Waals surface area contributed by atoms with Gasteiger partial charge in [0.1, 0.15) is 5.69 Å². The maximum atomic E-state index is 12.0. The normalized spacial score (nSPS) is 27.2. The number of rotatable bonds is 2. The number of anilines is 1. The van der Waals surface area contributed by atoms with Gasteiger partial charge in [-0.2, -0.15) is 0 Å². The van der Waals surface area contributed by atoms with Gasteiger partial charge in [-0.25, -0.2) is 13.2 Å². The van der Waals surface area contributed by atoms with Crippen molar-refractivity contribution in [3.05, 3.63) is 34.4 Å². The van der Waals surface area contributed by atoms with Crippen molar-refractivity contribution in [3.8, 4) is 0 Å². The Hall–Kier alpha value is -2.16. The zero-order valence-corrected chi connectivity index (χ0v) is 11.0. The molecular formula is C11H11N3O5S. The first kappa shape index (κ1) is 12.9. The largest absolute Gasteiger partial charge is 0.332 e. The molecule has 2 fully saturated rings. The molecule has 1 N–H and O–H groups in total. The Balaban J connectivity index is 2.06. The number of hydrogen-bond acceptors (Lipinski definition) is 5. The number of urea groups is 1. The number of carbonyl (C=O) groups excluding carboxylic acids is 1. The first-order valence-electron chi connectivity index (χ1n) is 5.92. The van der Waals surface area contributed by atoms with Crippen LogP contribution in [-0.4, -0.2) is 43.0 Å². The fraction of sp³-hybridized carbons (Fsp3) is 0.364. The van der Waals surface area contributed by atoms with Crippen LogP contribution in [0.1, 0.15) is 0 Å². The van der Waals surface area contributed by atoms with Gasteiger partial charge < -0.3 is 5.32 Å². The summed E-state index contributed by atoms with van der Waals surface area (Å²) >= 11 is 0. The van der Waals surface area contributed by atoms with E-state index in [1.165, 1.54) is 23.1 Å². The van der Waals surface area contributed by atoms with Crippen molar-refractivity contribution in [2.75, 3.05) is 16.4 Å². The van der Waals surface area contributed by atoms with Gasteiger partial charge in [-0.3, -0.25) is 15.0 Å². The second kappa shape index (κ2) is 4.17. The molecule has 0 aliphatic carbocycles. The number of carbonyl (C=O) groups is 1. The predicted molar refractivity (Wildman–Crippen MR) is 70.3 cm³/mol. The van der Waals surface area contributed by atoms with Gasteiger partial charge in [-0.1, -0.05) is 12.1 Å². The molecule has 9 heteroatoms. The van der Waals surface area contributed by atoms with E-state index in [0.717, 1.165) is 0 Å². The minimum Gasteiger partial charge on any atom is -0.332 e. The quantitative estimate of drug-likeness (QED) is 0.479. The summed E-state index contributed by atoms with van der Waals surface area (Å²) < 4.78 is 23.3. The fourth-order valence-electron chi connectivity index (χ4n) is 2.71. The van der Waals surface area contributed by atoms with Crippen molar-refractivity contribution >= 4 is 27.2 Å². The minimum absolute atomic E-state index is 0.124. The number of fused-ring (bicyclic) bond motifs is 1. The van der Waals surface area contributed by atoms with E-state index >= 15 is 0 Å². The third-order valence-electron chi connectivity index (χ3n) is 3.52. The van der Waals surface area contributed by atoms with E-state index in [-0.39, 0.29) is 22.9 Å². The minimum atomic E-state index is -3.23.